The summed E-state index contributed by atoms with van der Waals surface area (Å²) in [6.45, 7) is 1.58. The van der Waals surface area contributed by atoms with Gasteiger partial charge in [0.2, 0.25) is 0 Å². The number of nitrogens with two attached hydrogens (primary N) is 1. The molecule has 1 aromatic carbocycles. The number of halogens is 1. The number of methoxy groups -OCH3 is 1. The maximum atomic E-state index is 13.4. The summed E-state index contributed by atoms with van der Waals surface area (Å²) < 4.78 is 17.9. The molecule has 0 aliphatic carbocycles. The van der Waals surface area contributed by atoms with Crippen LogP contribution in [0.2, 0.25) is 0 Å². The normalized spacial score (nSPS) is 9.69. The molecule has 0 saturated carbocycles. The van der Waals surface area contributed by atoms with Crippen molar-refractivity contribution < 1.29 is 13.9 Å². The summed E-state index contributed by atoms with van der Waals surface area (Å²) in [7, 11) is 1.19. The van der Waals surface area contributed by atoms with Gasteiger partial charge in [0.25, 0.3) is 0 Å². The van der Waals surface area contributed by atoms with Gasteiger partial charge in [-0.3, -0.25) is 0 Å². The standard InChI is InChI=1S/C10H11FN2O2S/c1-5-7(13-10(12)16)4-3-6(11)8(5)9(14)15-2/h3-4H,1-2H3,(H3,12,13,16). The van der Waals surface area contributed by atoms with Gasteiger partial charge >= 0.3 is 5.97 Å². The zero-order chi connectivity index (χ0) is 12.3. The number of carbonyl (C=O) groups excluding carboxylic acids is 1. The van der Waals surface area contributed by atoms with Crippen molar-refractivity contribution in [3.8, 4) is 0 Å². The summed E-state index contributed by atoms with van der Waals surface area (Å²) in [6, 6.07) is 2.61. The first-order chi connectivity index (χ1) is 7.47. The Morgan fingerprint density at radius 2 is 2.19 bits per heavy atom. The number of nitrogens with one attached hydrogen (secondary N) is 1. The van der Waals surface area contributed by atoms with Gasteiger partial charge in [0.15, 0.2) is 5.11 Å². The Morgan fingerprint density at radius 3 is 2.69 bits per heavy atom. The molecule has 4 nitrogen and oxygen atoms in total. The molecule has 0 aromatic heterocycles. The molecule has 3 N–H and O–H groups in total. The van der Waals surface area contributed by atoms with Crippen molar-refractivity contribution in [2.24, 2.45) is 5.73 Å². The lowest BCUT2D eigenvalue weighted by molar-refractivity contribution is 0.0594. The smallest absolute Gasteiger partial charge is 0.341 e. The van der Waals surface area contributed by atoms with Crippen LogP contribution in [0.1, 0.15) is 15.9 Å². The lowest BCUT2D eigenvalue weighted by atomic mass is 10.1. The van der Waals surface area contributed by atoms with Gasteiger partial charge < -0.3 is 15.8 Å². The van der Waals surface area contributed by atoms with Crippen molar-refractivity contribution in [2.75, 3.05) is 12.4 Å². The Bertz CT molecular complexity index is 449. The number of hydrogen-bond acceptors (Lipinski definition) is 3. The van der Waals surface area contributed by atoms with Crippen LogP contribution in [0, 0.1) is 12.7 Å². The first kappa shape index (κ1) is 12.4. The van der Waals surface area contributed by atoms with E-state index in [4.69, 9.17) is 5.73 Å². The summed E-state index contributed by atoms with van der Waals surface area (Å²) in [6.07, 6.45) is 0. The molecule has 0 atom stereocenters. The molecule has 0 radical (unpaired) electrons. The predicted molar refractivity (Wildman–Crippen MR) is 62.9 cm³/mol. The average Bonchev–Trinajstić information content (AvgIpc) is 2.21. The van der Waals surface area contributed by atoms with E-state index in [-0.39, 0.29) is 10.7 Å². The summed E-state index contributed by atoms with van der Waals surface area (Å²) >= 11 is 4.66. The van der Waals surface area contributed by atoms with E-state index in [1.807, 2.05) is 0 Å². The topological polar surface area (TPSA) is 64.3 Å². The second-order valence-corrected chi connectivity index (χ2v) is 3.52. The second kappa shape index (κ2) is 4.89. The van der Waals surface area contributed by atoms with Crippen molar-refractivity contribution in [3.05, 3.63) is 29.1 Å². The maximum absolute atomic E-state index is 13.4. The quantitative estimate of drug-likeness (QED) is 0.609. The molecule has 6 heteroatoms. The van der Waals surface area contributed by atoms with Crippen molar-refractivity contribution in [2.45, 2.75) is 6.92 Å². The molecule has 0 aliphatic rings. The first-order valence-corrected chi connectivity index (χ1v) is 4.82. The van der Waals surface area contributed by atoms with Crippen LogP contribution >= 0.6 is 12.2 Å². The van der Waals surface area contributed by atoms with Gasteiger partial charge in [0.1, 0.15) is 11.4 Å². The van der Waals surface area contributed by atoms with Crippen molar-refractivity contribution in [3.63, 3.8) is 0 Å². The fourth-order valence-corrected chi connectivity index (χ4v) is 1.41. The van der Waals surface area contributed by atoms with Crippen molar-refractivity contribution in [1.29, 1.82) is 0 Å². The van der Waals surface area contributed by atoms with Gasteiger partial charge in [-0.1, -0.05) is 0 Å². The number of thiocarbonyl (C=S) groups is 1. The summed E-state index contributed by atoms with van der Waals surface area (Å²) in [4.78, 5) is 11.3. The number of benzene rings is 1. The summed E-state index contributed by atoms with van der Waals surface area (Å²) in [5.41, 5.74) is 6.06. The summed E-state index contributed by atoms with van der Waals surface area (Å²) in [5, 5.41) is 2.70. The third-order valence-electron chi connectivity index (χ3n) is 2.06. The highest BCUT2D eigenvalue weighted by molar-refractivity contribution is 7.80. The predicted octanol–water partition coefficient (Wildman–Crippen LogP) is 1.58. The molecule has 0 saturated heterocycles. The molecule has 1 rings (SSSR count). The SMILES string of the molecule is COC(=O)c1c(F)ccc(NC(N)=S)c1C. The third kappa shape index (κ3) is 2.46. The number of anilines is 1. The molecule has 16 heavy (non-hydrogen) atoms. The molecule has 86 valence electrons. The van der Waals surface area contributed by atoms with Crippen LogP contribution in [0.25, 0.3) is 0 Å². The molecule has 0 heterocycles. The highest BCUT2D eigenvalue weighted by atomic mass is 32.1. The Kier molecular flexibility index (Phi) is 3.78. The molecule has 0 aliphatic heterocycles. The van der Waals surface area contributed by atoms with Crippen LogP contribution in [0.3, 0.4) is 0 Å². The van der Waals surface area contributed by atoms with Crippen LogP contribution in [0.4, 0.5) is 10.1 Å². The van der Waals surface area contributed by atoms with E-state index in [9.17, 15) is 9.18 Å². The van der Waals surface area contributed by atoms with Crippen molar-refractivity contribution in [1.82, 2.24) is 0 Å². The van der Waals surface area contributed by atoms with Gasteiger partial charge in [-0.2, -0.15) is 0 Å². The van der Waals surface area contributed by atoms with Gasteiger partial charge in [0.05, 0.1) is 7.11 Å². The Labute approximate surface area is 97.6 Å². The molecular formula is C10H11FN2O2S. The zero-order valence-corrected chi connectivity index (χ0v) is 9.65. The molecule has 0 spiro atoms. The molecule has 0 unspecified atom stereocenters. The van der Waals surface area contributed by atoms with E-state index in [0.717, 1.165) is 6.07 Å². The fraction of sp³-hybridized carbons (Fsp3) is 0.200. The molecule has 0 amide bonds. The minimum atomic E-state index is -0.735. The lowest BCUT2D eigenvalue weighted by Crippen LogP contribution is -2.20. The van der Waals surface area contributed by atoms with E-state index in [1.165, 1.54) is 13.2 Å². The molecule has 0 bridgehead atoms. The molecule has 1 aromatic rings. The Hall–Kier alpha value is -1.69. The highest BCUT2D eigenvalue weighted by Crippen LogP contribution is 2.22. The lowest BCUT2D eigenvalue weighted by Gasteiger charge is -2.11. The number of ether oxygens (including phenoxy) is 1. The third-order valence-corrected chi connectivity index (χ3v) is 2.16. The van der Waals surface area contributed by atoms with Crippen LogP contribution < -0.4 is 11.1 Å². The largest absolute Gasteiger partial charge is 0.465 e. The Balaban J connectivity index is 3.26. The van der Waals surface area contributed by atoms with E-state index in [2.05, 4.69) is 22.3 Å². The van der Waals surface area contributed by atoms with Crippen LogP contribution in [0.15, 0.2) is 12.1 Å². The highest BCUT2D eigenvalue weighted by Gasteiger charge is 2.17. The van der Waals surface area contributed by atoms with Gasteiger partial charge in [-0.15, -0.1) is 0 Å². The van der Waals surface area contributed by atoms with Gasteiger partial charge in [0, 0.05) is 5.69 Å². The molecular weight excluding hydrogens is 231 g/mol. The van der Waals surface area contributed by atoms with E-state index < -0.39 is 11.8 Å². The number of carbonyl (C=O) groups is 1. The van der Waals surface area contributed by atoms with E-state index in [0.29, 0.717) is 11.3 Å². The van der Waals surface area contributed by atoms with Gasteiger partial charge in [-0.05, 0) is 36.8 Å². The van der Waals surface area contributed by atoms with E-state index in [1.54, 1.807) is 6.92 Å². The Morgan fingerprint density at radius 1 is 1.56 bits per heavy atom. The van der Waals surface area contributed by atoms with Crippen LogP contribution in [-0.2, 0) is 4.74 Å². The van der Waals surface area contributed by atoms with Crippen molar-refractivity contribution >= 4 is 29.0 Å². The second-order valence-electron chi connectivity index (χ2n) is 3.08. The van der Waals surface area contributed by atoms with Crippen LogP contribution in [0.5, 0.6) is 0 Å². The summed E-state index contributed by atoms with van der Waals surface area (Å²) in [5.74, 6) is -1.38. The minimum Gasteiger partial charge on any atom is -0.465 e. The first-order valence-electron chi connectivity index (χ1n) is 4.41. The number of esters is 1. The van der Waals surface area contributed by atoms with Gasteiger partial charge in [-0.25, -0.2) is 9.18 Å². The number of rotatable bonds is 2. The molecule has 0 fully saturated rings. The van der Waals surface area contributed by atoms with Crippen LogP contribution in [-0.4, -0.2) is 18.2 Å². The minimum absolute atomic E-state index is 0.0468. The monoisotopic (exact) mass is 242 g/mol. The zero-order valence-electron chi connectivity index (χ0n) is 8.83. The van der Waals surface area contributed by atoms with E-state index >= 15 is 0 Å². The average molecular weight is 242 g/mol. The maximum Gasteiger partial charge on any atom is 0.341 e. The fourth-order valence-electron chi connectivity index (χ4n) is 1.30. The number of hydrogen-bond donors (Lipinski definition) is 2.